The van der Waals surface area contributed by atoms with E-state index in [1.54, 1.807) is 37.1 Å². The van der Waals surface area contributed by atoms with Crippen LogP contribution in [0.3, 0.4) is 0 Å². The van der Waals surface area contributed by atoms with Gasteiger partial charge in [-0.2, -0.15) is 0 Å². The van der Waals surface area contributed by atoms with E-state index in [0.717, 1.165) is 11.3 Å². The van der Waals surface area contributed by atoms with Gasteiger partial charge in [0.05, 0.1) is 12.3 Å². The lowest BCUT2D eigenvalue weighted by molar-refractivity contribution is 0.0515. The Morgan fingerprint density at radius 2 is 2.05 bits per heavy atom. The number of pyridine rings is 1. The molecule has 6 heteroatoms. The fourth-order valence-corrected chi connectivity index (χ4v) is 2.11. The maximum Gasteiger partial charge on any atom is 0.356 e. The van der Waals surface area contributed by atoms with Gasteiger partial charge in [-0.05, 0) is 19.1 Å². The summed E-state index contributed by atoms with van der Waals surface area (Å²) >= 11 is 0. The molecule has 0 N–H and O–H groups in total. The monoisotopic (exact) mass is 270 g/mol. The number of hydrogen-bond donors (Lipinski definition) is 0. The highest BCUT2D eigenvalue weighted by Gasteiger charge is 2.16. The predicted octanol–water partition coefficient (Wildman–Crippen LogP) is 1.91. The topological polar surface area (TPSA) is 61.4 Å². The van der Waals surface area contributed by atoms with Crippen molar-refractivity contribution in [2.45, 2.75) is 6.92 Å². The summed E-state index contributed by atoms with van der Waals surface area (Å²) in [6.45, 7) is 2.14. The van der Waals surface area contributed by atoms with Gasteiger partial charge < -0.3 is 9.30 Å². The number of nitrogens with zero attached hydrogens (tertiary/aromatic N) is 4. The highest BCUT2D eigenvalue weighted by molar-refractivity contribution is 5.88. The smallest absolute Gasteiger partial charge is 0.356 e. The average molecular weight is 270 g/mol. The minimum Gasteiger partial charge on any atom is -0.461 e. The molecule has 3 aromatic rings. The quantitative estimate of drug-likeness (QED) is 0.682. The summed E-state index contributed by atoms with van der Waals surface area (Å²) in [4.78, 5) is 20.3. The van der Waals surface area contributed by atoms with Crippen molar-refractivity contribution in [2.24, 2.45) is 7.05 Å². The SMILES string of the molecule is CCOC(=O)c1cn2cc(-c3ccncc3)nc2n1C. The minimum absolute atomic E-state index is 0.342. The molecule has 6 nitrogen and oxygen atoms in total. The standard InChI is InChI=1S/C14H14N4O2/c1-3-20-13(19)12-9-18-8-11(16-14(18)17(12)2)10-4-6-15-7-5-10/h4-9H,3H2,1-2H3. The third-order valence-corrected chi connectivity index (χ3v) is 3.10. The van der Waals surface area contributed by atoms with E-state index in [2.05, 4.69) is 9.97 Å². The van der Waals surface area contributed by atoms with Gasteiger partial charge in [0.25, 0.3) is 0 Å². The zero-order valence-electron chi connectivity index (χ0n) is 11.3. The van der Waals surface area contributed by atoms with Crippen LogP contribution in [0.1, 0.15) is 17.4 Å². The fraction of sp³-hybridized carbons (Fsp3) is 0.214. The number of carbonyl (C=O) groups is 1. The summed E-state index contributed by atoms with van der Waals surface area (Å²) in [5.41, 5.74) is 2.31. The Kier molecular flexibility index (Phi) is 2.98. The van der Waals surface area contributed by atoms with Crippen LogP contribution >= 0.6 is 0 Å². The predicted molar refractivity (Wildman–Crippen MR) is 73.4 cm³/mol. The van der Waals surface area contributed by atoms with Crippen molar-refractivity contribution in [3.8, 4) is 11.3 Å². The Hall–Kier alpha value is -2.63. The van der Waals surface area contributed by atoms with E-state index in [4.69, 9.17) is 4.74 Å². The van der Waals surface area contributed by atoms with Gasteiger partial charge in [-0.25, -0.2) is 9.78 Å². The van der Waals surface area contributed by atoms with Crippen LogP contribution in [0.15, 0.2) is 36.9 Å². The van der Waals surface area contributed by atoms with Crippen LogP contribution in [0.5, 0.6) is 0 Å². The molecule has 0 atom stereocenters. The highest BCUT2D eigenvalue weighted by Crippen LogP contribution is 2.19. The molecule has 0 saturated carbocycles. The maximum absolute atomic E-state index is 11.8. The normalized spacial score (nSPS) is 10.9. The number of hydrogen-bond acceptors (Lipinski definition) is 4. The number of aromatic nitrogens is 4. The number of aryl methyl sites for hydroxylation is 1. The zero-order chi connectivity index (χ0) is 14.1. The average Bonchev–Trinajstić information content (AvgIpc) is 3.00. The van der Waals surface area contributed by atoms with Crippen molar-refractivity contribution < 1.29 is 9.53 Å². The Morgan fingerprint density at radius 3 is 2.70 bits per heavy atom. The number of ether oxygens (including phenoxy) is 1. The highest BCUT2D eigenvalue weighted by atomic mass is 16.5. The third kappa shape index (κ3) is 1.95. The minimum atomic E-state index is -0.342. The van der Waals surface area contributed by atoms with E-state index in [9.17, 15) is 4.79 Å². The summed E-state index contributed by atoms with van der Waals surface area (Å²) in [7, 11) is 1.80. The molecule has 0 radical (unpaired) electrons. The lowest BCUT2D eigenvalue weighted by Gasteiger charge is -2.01. The summed E-state index contributed by atoms with van der Waals surface area (Å²) in [5, 5.41) is 0. The van der Waals surface area contributed by atoms with Crippen LogP contribution in [-0.2, 0) is 11.8 Å². The maximum atomic E-state index is 11.8. The number of fused-ring (bicyclic) bond motifs is 1. The number of imidazole rings is 2. The zero-order valence-corrected chi connectivity index (χ0v) is 11.3. The number of rotatable bonds is 3. The van der Waals surface area contributed by atoms with Crippen LogP contribution in [0.4, 0.5) is 0 Å². The molecule has 0 fully saturated rings. The molecule has 0 amide bonds. The molecule has 0 aliphatic carbocycles. The van der Waals surface area contributed by atoms with Gasteiger partial charge in [0.15, 0.2) is 0 Å². The molecule has 0 bridgehead atoms. The van der Waals surface area contributed by atoms with E-state index >= 15 is 0 Å². The van der Waals surface area contributed by atoms with E-state index in [0.29, 0.717) is 18.1 Å². The molecular formula is C14H14N4O2. The van der Waals surface area contributed by atoms with Gasteiger partial charge >= 0.3 is 5.97 Å². The third-order valence-electron chi connectivity index (χ3n) is 3.10. The molecule has 0 spiro atoms. The first kappa shape index (κ1) is 12.4. The molecule has 3 rings (SSSR count). The second-order valence-electron chi connectivity index (χ2n) is 4.36. The van der Waals surface area contributed by atoms with Crippen molar-refractivity contribution in [1.82, 2.24) is 18.9 Å². The number of carbonyl (C=O) groups excluding carboxylic acids is 1. The summed E-state index contributed by atoms with van der Waals surface area (Å²) < 4.78 is 8.56. The Morgan fingerprint density at radius 1 is 1.30 bits per heavy atom. The van der Waals surface area contributed by atoms with E-state index < -0.39 is 0 Å². The van der Waals surface area contributed by atoms with Crippen molar-refractivity contribution in [1.29, 1.82) is 0 Å². The molecular weight excluding hydrogens is 256 g/mol. The Bertz CT molecular complexity index is 758. The van der Waals surface area contributed by atoms with Crippen molar-refractivity contribution >= 4 is 11.7 Å². The summed E-state index contributed by atoms with van der Waals surface area (Å²) in [6.07, 6.45) is 7.06. The second kappa shape index (κ2) is 4.80. The molecule has 0 aromatic carbocycles. The van der Waals surface area contributed by atoms with Gasteiger partial charge in [0.1, 0.15) is 5.69 Å². The molecule has 102 valence electrons. The van der Waals surface area contributed by atoms with Gasteiger partial charge in [0, 0.05) is 37.4 Å². The molecule has 20 heavy (non-hydrogen) atoms. The van der Waals surface area contributed by atoms with Gasteiger partial charge in [0.2, 0.25) is 5.78 Å². The first-order valence-corrected chi connectivity index (χ1v) is 6.32. The molecule has 0 aliphatic heterocycles. The van der Waals surface area contributed by atoms with Crippen LogP contribution in [0, 0.1) is 0 Å². The van der Waals surface area contributed by atoms with E-state index in [1.807, 2.05) is 22.7 Å². The fourth-order valence-electron chi connectivity index (χ4n) is 2.11. The molecule has 0 unspecified atom stereocenters. The van der Waals surface area contributed by atoms with Crippen LogP contribution < -0.4 is 0 Å². The molecule has 0 aliphatic rings. The summed E-state index contributed by atoms with van der Waals surface area (Å²) in [6, 6.07) is 3.79. The summed E-state index contributed by atoms with van der Waals surface area (Å²) in [5.74, 6) is 0.353. The lowest BCUT2D eigenvalue weighted by atomic mass is 10.2. The van der Waals surface area contributed by atoms with Gasteiger partial charge in [-0.1, -0.05) is 0 Å². The Balaban J connectivity index is 2.04. The first-order chi connectivity index (χ1) is 9.70. The van der Waals surface area contributed by atoms with Gasteiger partial charge in [-0.15, -0.1) is 0 Å². The van der Waals surface area contributed by atoms with Crippen molar-refractivity contribution in [3.05, 3.63) is 42.6 Å². The molecule has 3 heterocycles. The van der Waals surface area contributed by atoms with Gasteiger partial charge in [-0.3, -0.25) is 9.38 Å². The van der Waals surface area contributed by atoms with Crippen molar-refractivity contribution in [2.75, 3.05) is 6.61 Å². The van der Waals surface area contributed by atoms with Crippen LogP contribution in [-0.4, -0.2) is 31.5 Å². The van der Waals surface area contributed by atoms with Crippen LogP contribution in [0.2, 0.25) is 0 Å². The van der Waals surface area contributed by atoms with E-state index in [-0.39, 0.29) is 5.97 Å². The molecule has 3 aromatic heterocycles. The Labute approximate surface area is 115 Å². The van der Waals surface area contributed by atoms with Crippen LogP contribution in [0.25, 0.3) is 17.0 Å². The lowest BCUT2D eigenvalue weighted by Crippen LogP contribution is -2.09. The first-order valence-electron chi connectivity index (χ1n) is 6.32. The van der Waals surface area contributed by atoms with E-state index in [1.165, 1.54) is 0 Å². The second-order valence-corrected chi connectivity index (χ2v) is 4.36. The largest absolute Gasteiger partial charge is 0.461 e. The number of esters is 1. The molecule has 0 saturated heterocycles. The van der Waals surface area contributed by atoms with Crippen molar-refractivity contribution in [3.63, 3.8) is 0 Å².